The number of rotatable bonds is 8. The van der Waals surface area contributed by atoms with E-state index in [1.807, 2.05) is 30.3 Å². The molecule has 0 amide bonds. The lowest BCUT2D eigenvalue weighted by Gasteiger charge is -2.34. The van der Waals surface area contributed by atoms with Gasteiger partial charge in [0, 0.05) is 43.3 Å². The lowest BCUT2D eigenvalue weighted by atomic mass is 10.1. The zero-order valence-corrected chi connectivity index (χ0v) is 21.1. The van der Waals surface area contributed by atoms with Gasteiger partial charge in [0.25, 0.3) is 0 Å². The van der Waals surface area contributed by atoms with Crippen molar-refractivity contribution in [3.8, 4) is 11.4 Å². The number of aliphatic hydroxyl groups is 1. The third-order valence-corrected chi connectivity index (χ3v) is 8.56. The van der Waals surface area contributed by atoms with Crippen LogP contribution in [-0.2, 0) is 19.3 Å². The predicted molar refractivity (Wildman–Crippen MR) is 137 cm³/mol. The van der Waals surface area contributed by atoms with Gasteiger partial charge in [0.15, 0.2) is 20.8 Å². The lowest BCUT2D eigenvalue weighted by Crippen LogP contribution is -2.44. The Hall–Kier alpha value is -2.34. The molecule has 2 fully saturated rings. The predicted octanol–water partition coefficient (Wildman–Crippen LogP) is 2.07. The molecule has 2 aromatic rings. The summed E-state index contributed by atoms with van der Waals surface area (Å²) < 4.78 is 29.9. The number of anilines is 2. The number of thiocarbonyl (C=S) groups is 1. The van der Waals surface area contributed by atoms with Gasteiger partial charge in [-0.05, 0) is 62.7 Å². The van der Waals surface area contributed by atoms with Gasteiger partial charge >= 0.3 is 0 Å². The maximum absolute atomic E-state index is 12.6. The van der Waals surface area contributed by atoms with E-state index in [0.29, 0.717) is 62.2 Å². The molecular weight excluding hydrogens is 474 g/mol. The van der Waals surface area contributed by atoms with E-state index < -0.39 is 14.6 Å². The van der Waals surface area contributed by atoms with Crippen LogP contribution in [0.3, 0.4) is 0 Å². The van der Waals surface area contributed by atoms with Gasteiger partial charge in [0.05, 0.1) is 24.9 Å². The molecule has 0 unspecified atom stereocenters. The number of ether oxygens (including phenoxy) is 1. The van der Waals surface area contributed by atoms with Crippen molar-refractivity contribution in [1.82, 2.24) is 15.3 Å². The molecule has 1 aliphatic carbocycles. The summed E-state index contributed by atoms with van der Waals surface area (Å²) in [4.78, 5) is 11.7. The second-order valence-corrected chi connectivity index (χ2v) is 11.6. The fourth-order valence-corrected chi connectivity index (χ4v) is 5.65. The quantitative estimate of drug-likeness (QED) is 0.364. The van der Waals surface area contributed by atoms with Crippen LogP contribution in [0.4, 0.5) is 11.5 Å². The molecule has 0 bridgehead atoms. The molecule has 1 saturated heterocycles. The van der Waals surface area contributed by atoms with Gasteiger partial charge in [-0.1, -0.05) is 0 Å². The first-order valence-electron chi connectivity index (χ1n) is 11.4. The largest absolute Gasteiger partial charge is 0.396 e. The van der Waals surface area contributed by atoms with Crippen LogP contribution in [0.15, 0.2) is 30.3 Å². The SMILES string of the molecule is C[C@H]1COCCN1c1cc(C2(S(C)(=O)=O)CC2)nc(-c2ccc(NC(=S)NCCCO)cc2)n1. The number of benzene rings is 1. The molecule has 4 rings (SSSR count). The third-order valence-electron chi connectivity index (χ3n) is 6.28. The fraction of sp³-hybridized carbons (Fsp3) is 0.522. The molecule has 1 aliphatic heterocycles. The highest BCUT2D eigenvalue weighted by Crippen LogP contribution is 2.52. The minimum absolute atomic E-state index is 0.106. The second-order valence-electron chi connectivity index (χ2n) is 8.85. The molecule has 9 nitrogen and oxygen atoms in total. The first-order valence-corrected chi connectivity index (χ1v) is 13.7. The number of sulfone groups is 1. The van der Waals surface area contributed by atoms with E-state index in [0.717, 1.165) is 17.1 Å². The Balaban J connectivity index is 1.64. The third kappa shape index (κ3) is 5.32. The van der Waals surface area contributed by atoms with Gasteiger partial charge in [-0.2, -0.15) is 0 Å². The fourth-order valence-electron chi connectivity index (χ4n) is 4.10. The summed E-state index contributed by atoms with van der Waals surface area (Å²) in [5.74, 6) is 1.22. The topological polar surface area (TPSA) is 117 Å². The first-order chi connectivity index (χ1) is 16.2. The summed E-state index contributed by atoms with van der Waals surface area (Å²) in [5, 5.41) is 15.5. The van der Waals surface area contributed by atoms with E-state index in [2.05, 4.69) is 22.5 Å². The van der Waals surface area contributed by atoms with E-state index in [-0.39, 0.29) is 12.6 Å². The number of hydrogen-bond donors (Lipinski definition) is 3. The van der Waals surface area contributed by atoms with Crippen molar-refractivity contribution in [2.24, 2.45) is 0 Å². The normalized spacial score (nSPS) is 19.5. The highest BCUT2D eigenvalue weighted by atomic mass is 32.2. The Morgan fingerprint density at radius 2 is 2.03 bits per heavy atom. The van der Waals surface area contributed by atoms with Gasteiger partial charge in [-0.15, -0.1) is 0 Å². The van der Waals surface area contributed by atoms with Crippen LogP contribution in [0.2, 0.25) is 0 Å². The van der Waals surface area contributed by atoms with Crippen LogP contribution in [0, 0.1) is 0 Å². The number of nitrogens with zero attached hydrogens (tertiary/aromatic N) is 3. The molecule has 2 heterocycles. The first kappa shape index (κ1) is 24.8. The van der Waals surface area contributed by atoms with Crippen molar-refractivity contribution in [2.45, 2.75) is 37.0 Å². The molecule has 184 valence electrons. The van der Waals surface area contributed by atoms with Crippen molar-refractivity contribution >= 4 is 38.7 Å². The molecule has 1 aromatic carbocycles. The zero-order valence-electron chi connectivity index (χ0n) is 19.5. The van der Waals surface area contributed by atoms with Crippen LogP contribution >= 0.6 is 12.2 Å². The maximum Gasteiger partial charge on any atom is 0.170 e. The van der Waals surface area contributed by atoms with Crippen LogP contribution in [0.25, 0.3) is 11.4 Å². The molecule has 3 N–H and O–H groups in total. The van der Waals surface area contributed by atoms with E-state index in [4.69, 9.17) is 32.0 Å². The average molecular weight is 506 g/mol. The Kier molecular flexibility index (Phi) is 7.36. The summed E-state index contributed by atoms with van der Waals surface area (Å²) in [6.45, 7) is 4.65. The molecule has 1 aromatic heterocycles. The minimum atomic E-state index is -3.31. The standard InChI is InChI=1S/C23H31N5O4S2/c1-16-15-32-13-11-28(16)20-14-19(23(8-9-23)34(2,30)31)26-21(27-20)17-4-6-18(7-5-17)25-22(33)24-10-3-12-29/h4-7,14,16,29H,3,8-13,15H2,1-2H3,(H2,24,25,33)/t16-/m0/s1. The van der Waals surface area contributed by atoms with E-state index >= 15 is 0 Å². The highest BCUT2D eigenvalue weighted by molar-refractivity contribution is 7.92. The Labute approximate surface area is 205 Å². The van der Waals surface area contributed by atoms with Gasteiger partial charge in [0.2, 0.25) is 0 Å². The van der Waals surface area contributed by atoms with Crippen LogP contribution in [-0.4, -0.2) is 73.8 Å². The summed E-state index contributed by atoms with van der Waals surface area (Å²) in [6.07, 6.45) is 3.05. The molecule has 2 aliphatic rings. The lowest BCUT2D eigenvalue weighted by molar-refractivity contribution is 0.0985. The van der Waals surface area contributed by atoms with E-state index in [1.165, 1.54) is 6.26 Å². The molecule has 11 heteroatoms. The molecule has 1 saturated carbocycles. The van der Waals surface area contributed by atoms with Crippen molar-refractivity contribution in [3.05, 3.63) is 36.0 Å². The summed E-state index contributed by atoms with van der Waals surface area (Å²) in [6, 6.07) is 9.52. The van der Waals surface area contributed by atoms with Crippen LogP contribution in [0.1, 0.15) is 31.9 Å². The number of aliphatic hydroxyl groups excluding tert-OH is 1. The number of morpholine rings is 1. The number of aromatic nitrogens is 2. The zero-order chi connectivity index (χ0) is 24.3. The average Bonchev–Trinajstić information content (AvgIpc) is 3.62. The maximum atomic E-state index is 12.6. The highest BCUT2D eigenvalue weighted by Gasteiger charge is 2.55. The monoisotopic (exact) mass is 505 g/mol. The molecule has 0 radical (unpaired) electrons. The summed E-state index contributed by atoms with van der Waals surface area (Å²) in [7, 11) is -3.31. The smallest absolute Gasteiger partial charge is 0.170 e. The van der Waals surface area contributed by atoms with Crippen molar-refractivity contribution in [2.75, 3.05) is 49.4 Å². The van der Waals surface area contributed by atoms with Crippen molar-refractivity contribution in [3.63, 3.8) is 0 Å². The van der Waals surface area contributed by atoms with E-state index in [1.54, 1.807) is 0 Å². The van der Waals surface area contributed by atoms with E-state index in [9.17, 15) is 8.42 Å². The number of nitrogens with one attached hydrogen (secondary N) is 2. The second kappa shape index (κ2) is 10.1. The number of hydrogen-bond acceptors (Lipinski definition) is 8. The molecule has 34 heavy (non-hydrogen) atoms. The summed E-state index contributed by atoms with van der Waals surface area (Å²) >= 11 is 5.27. The van der Waals surface area contributed by atoms with Crippen LogP contribution < -0.4 is 15.5 Å². The minimum Gasteiger partial charge on any atom is -0.396 e. The van der Waals surface area contributed by atoms with Crippen molar-refractivity contribution in [1.29, 1.82) is 0 Å². The Bertz CT molecular complexity index is 1140. The van der Waals surface area contributed by atoms with Crippen molar-refractivity contribution < 1.29 is 18.3 Å². The van der Waals surface area contributed by atoms with Gasteiger partial charge in [-0.3, -0.25) is 0 Å². The molecule has 0 spiro atoms. The molecule has 1 atom stereocenters. The Morgan fingerprint density at radius 1 is 1.29 bits per heavy atom. The molecular formula is C23H31N5O4S2. The van der Waals surface area contributed by atoms with Crippen LogP contribution in [0.5, 0.6) is 0 Å². The summed E-state index contributed by atoms with van der Waals surface area (Å²) in [5.41, 5.74) is 2.15. The van der Waals surface area contributed by atoms with Gasteiger partial charge in [0.1, 0.15) is 10.6 Å². The van der Waals surface area contributed by atoms with Gasteiger partial charge in [-0.25, -0.2) is 18.4 Å². The Morgan fingerprint density at radius 3 is 2.65 bits per heavy atom. The van der Waals surface area contributed by atoms with Gasteiger partial charge < -0.3 is 25.4 Å².